The molecule has 0 bridgehead atoms. The first kappa shape index (κ1) is 19.9. The molecule has 5 nitrogen and oxygen atoms in total. The number of pyridine rings is 1. The fraction of sp³-hybridized carbons (Fsp3) is 0.391. The van der Waals surface area contributed by atoms with Crippen molar-refractivity contribution in [3.05, 3.63) is 59.9 Å². The normalized spacial score (nSPS) is 13.8. The number of hydrogen-bond acceptors (Lipinski definition) is 4. The lowest BCUT2D eigenvalue weighted by Gasteiger charge is -2.14. The maximum absolute atomic E-state index is 12.5. The van der Waals surface area contributed by atoms with Gasteiger partial charge in [-0.2, -0.15) is 0 Å². The number of benzene rings is 1. The third-order valence-electron chi connectivity index (χ3n) is 4.64. The molecule has 0 aliphatic heterocycles. The molecule has 1 aliphatic carbocycles. The van der Waals surface area contributed by atoms with Gasteiger partial charge in [-0.3, -0.25) is 9.78 Å². The Morgan fingerprint density at radius 2 is 1.96 bits per heavy atom. The molecule has 0 spiro atoms. The highest BCUT2D eigenvalue weighted by molar-refractivity contribution is 6.03. The smallest absolute Gasteiger partial charge is 0.274 e. The van der Waals surface area contributed by atoms with E-state index >= 15 is 0 Å². The standard InChI is InChI=1S/C23H29N3O2/c1-17(2)28-21-10-8-19(9-11-21)26-23(27)22-16-20(13-15-25-22)24-14-12-18-6-4-3-5-7-18/h6,8-11,13,15-17H,3-5,7,12,14H2,1-2H3,(H,24,25)(H,26,27). The van der Waals surface area contributed by atoms with Gasteiger partial charge in [0.25, 0.3) is 5.91 Å². The summed E-state index contributed by atoms with van der Waals surface area (Å²) in [6, 6.07) is 11.0. The van der Waals surface area contributed by atoms with Crippen LogP contribution in [0.4, 0.5) is 11.4 Å². The van der Waals surface area contributed by atoms with Gasteiger partial charge in [-0.15, -0.1) is 0 Å². The molecule has 0 unspecified atom stereocenters. The first-order valence-corrected chi connectivity index (χ1v) is 10.1. The van der Waals surface area contributed by atoms with Gasteiger partial charge in [0.1, 0.15) is 11.4 Å². The van der Waals surface area contributed by atoms with Crippen LogP contribution in [0.25, 0.3) is 0 Å². The van der Waals surface area contributed by atoms with Gasteiger partial charge in [0.15, 0.2) is 0 Å². The molecule has 0 saturated carbocycles. The zero-order chi connectivity index (χ0) is 19.8. The van der Waals surface area contributed by atoms with Crippen molar-refractivity contribution in [2.24, 2.45) is 0 Å². The summed E-state index contributed by atoms with van der Waals surface area (Å²) in [6.07, 6.45) is 10.2. The number of aromatic nitrogens is 1. The maximum Gasteiger partial charge on any atom is 0.274 e. The van der Waals surface area contributed by atoms with Crippen LogP contribution in [-0.4, -0.2) is 23.5 Å². The van der Waals surface area contributed by atoms with Crippen LogP contribution in [0, 0.1) is 0 Å². The SMILES string of the molecule is CC(C)Oc1ccc(NC(=O)c2cc(NCCC3=CCCCC3)ccn2)cc1. The van der Waals surface area contributed by atoms with Crippen molar-refractivity contribution in [2.45, 2.75) is 52.1 Å². The molecule has 0 radical (unpaired) electrons. The largest absolute Gasteiger partial charge is 0.491 e. The van der Waals surface area contributed by atoms with Gasteiger partial charge in [-0.25, -0.2) is 0 Å². The molecule has 0 saturated heterocycles. The molecule has 1 aromatic carbocycles. The summed E-state index contributed by atoms with van der Waals surface area (Å²) in [6.45, 7) is 4.83. The Morgan fingerprint density at radius 3 is 2.68 bits per heavy atom. The van der Waals surface area contributed by atoms with Crippen LogP contribution in [0.15, 0.2) is 54.2 Å². The number of carbonyl (C=O) groups excluding carboxylic acids is 1. The van der Waals surface area contributed by atoms with Crippen LogP contribution in [0.5, 0.6) is 5.75 Å². The lowest BCUT2D eigenvalue weighted by atomic mass is 9.97. The Morgan fingerprint density at radius 1 is 1.14 bits per heavy atom. The highest BCUT2D eigenvalue weighted by Gasteiger charge is 2.09. The van der Waals surface area contributed by atoms with E-state index in [1.165, 1.54) is 31.3 Å². The van der Waals surface area contributed by atoms with Crippen LogP contribution in [-0.2, 0) is 0 Å². The topological polar surface area (TPSA) is 63.2 Å². The lowest BCUT2D eigenvalue weighted by Crippen LogP contribution is -2.14. The predicted molar refractivity (Wildman–Crippen MR) is 114 cm³/mol. The summed E-state index contributed by atoms with van der Waals surface area (Å²) in [7, 11) is 0. The number of allylic oxidation sites excluding steroid dienone is 1. The molecule has 28 heavy (non-hydrogen) atoms. The Hall–Kier alpha value is -2.82. The molecule has 2 N–H and O–H groups in total. The number of nitrogens with zero attached hydrogens (tertiary/aromatic N) is 1. The van der Waals surface area contributed by atoms with Gasteiger partial charge in [-0.05, 0) is 82.3 Å². The average molecular weight is 380 g/mol. The van der Waals surface area contributed by atoms with Crippen molar-refractivity contribution in [1.82, 2.24) is 4.98 Å². The van der Waals surface area contributed by atoms with Crippen molar-refractivity contribution in [2.75, 3.05) is 17.2 Å². The minimum atomic E-state index is -0.226. The Kier molecular flexibility index (Phi) is 7.06. The van der Waals surface area contributed by atoms with Gasteiger partial charge >= 0.3 is 0 Å². The minimum Gasteiger partial charge on any atom is -0.491 e. The molecule has 148 valence electrons. The lowest BCUT2D eigenvalue weighted by molar-refractivity contribution is 0.102. The molecular weight excluding hydrogens is 350 g/mol. The average Bonchev–Trinajstić information content (AvgIpc) is 2.70. The molecule has 0 fully saturated rings. The van der Waals surface area contributed by atoms with E-state index < -0.39 is 0 Å². The molecule has 0 atom stereocenters. The molecule has 1 aromatic heterocycles. The van der Waals surface area contributed by atoms with E-state index in [0.717, 1.165) is 24.4 Å². The van der Waals surface area contributed by atoms with Crippen LogP contribution in [0.1, 0.15) is 56.4 Å². The number of carbonyl (C=O) groups is 1. The Balaban J connectivity index is 1.53. The number of ether oxygens (including phenoxy) is 1. The fourth-order valence-corrected chi connectivity index (χ4v) is 3.25. The summed E-state index contributed by atoms with van der Waals surface area (Å²) in [5.74, 6) is 0.557. The summed E-state index contributed by atoms with van der Waals surface area (Å²) < 4.78 is 5.62. The quantitative estimate of drug-likeness (QED) is 0.601. The van der Waals surface area contributed by atoms with E-state index in [1.807, 2.05) is 44.2 Å². The van der Waals surface area contributed by atoms with Gasteiger partial charge in [0.05, 0.1) is 6.10 Å². The molecule has 1 aliphatic rings. The molecule has 3 rings (SSSR count). The van der Waals surface area contributed by atoms with Crippen LogP contribution in [0.2, 0.25) is 0 Å². The second-order valence-corrected chi connectivity index (χ2v) is 7.36. The number of amides is 1. The van der Waals surface area contributed by atoms with Crippen LogP contribution in [0.3, 0.4) is 0 Å². The van der Waals surface area contributed by atoms with Gasteiger partial charge < -0.3 is 15.4 Å². The minimum absolute atomic E-state index is 0.120. The van der Waals surface area contributed by atoms with Gasteiger partial charge in [0.2, 0.25) is 0 Å². The summed E-state index contributed by atoms with van der Waals surface area (Å²) in [4.78, 5) is 16.7. The monoisotopic (exact) mass is 379 g/mol. The highest BCUT2D eigenvalue weighted by atomic mass is 16.5. The van der Waals surface area contributed by atoms with E-state index in [0.29, 0.717) is 11.4 Å². The highest BCUT2D eigenvalue weighted by Crippen LogP contribution is 2.21. The number of anilines is 2. The predicted octanol–water partition coefficient (Wildman–Crippen LogP) is 5.42. The van der Waals surface area contributed by atoms with Gasteiger partial charge in [-0.1, -0.05) is 11.6 Å². The zero-order valence-electron chi connectivity index (χ0n) is 16.7. The number of rotatable bonds is 8. The van der Waals surface area contributed by atoms with E-state index in [4.69, 9.17) is 4.74 Å². The third-order valence-corrected chi connectivity index (χ3v) is 4.64. The van der Waals surface area contributed by atoms with E-state index in [-0.39, 0.29) is 12.0 Å². The van der Waals surface area contributed by atoms with E-state index in [9.17, 15) is 4.79 Å². The van der Waals surface area contributed by atoms with Crippen molar-refractivity contribution in [3.8, 4) is 5.75 Å². The first-order valence-electron chi connectivity index (χ1n) is 10.1. The van der Waals surface area contributed by atoms with Crippen molar-refractivity contribution in [3.63, 3.8) is 0 Å². The maximum atomic E-state index is 12.5. The van der Waals surface area contributed by atoms with E-state index in [2.05, 4.69) is 21.7 Å². The molecule has 1 amide bonds. The first-order chi connectivity index (χ1) is 13.6. The Bertz CT molecular complexity index is 813. The second kappa shape index (κ2) is 9.93. The number of nitrogens with one attached hydrogen (secondary N) is 2. The molecule has 2 aromatic rings. The molecule has 1 heterocycles. The summed E-state index contributed by atoms with van der Waals surface area (Å²) in [5, 5.41) is 6.28. The van der Waals surface area contributed by atoms with Gasteiger partial charge in [0, 0.05) is 24.1 Å². The third kappa shape index (κ3) is 6.12. The zero-order valence-corrected chi connectivity index (χ0v) is 16.7. The van der Waals surface area contributed by atoms with Crippen molar-refractivity contribution in [1.29, 1.82) is 0 Å². The second-order valence-electron chi connectivity index (χ2n) is 7.36. The van der Waals surface area contributed by atoms with Crippen LogP contribution >= 0.6 is 0 Å². The van der Waals surface area contributed by atoms with Crippen LogP contribution < -0.4 is 15.4 Å². The summed E-state index contributed by atoms with van der Waals surface area (Å²) in [5.41, 5.74) is 3.56. The van der Waals surface area contributed by atoms with Crippen molar-refractivity contribution >= 4 is 17.3 Å². The molecular formula is C23H29N3O2. The molecule has 5 heteroatoms. The summed E-state index contributed by atoms with van der Waals surface area (Å²) >= 11 is 0. The fourth-order valence-electron chi connectivity index (χ4n) is 3.25. The number of hydrogen-bond donors (Lipinski definition) is 2. The van der Waals surface area contributed by atoms with E-state index in [1.54, 1.807) is 12.3 Å². The Labute approximate surface area is 167 Å². The van der Waals surface area contributed by atoms with Crippen molar-refractivity contribution < 1.29 is 9.53 Å².